The van der Waals surface area contributed by atoms with Crippen LogP contribution in [0.4, 0.5) is 5.69 Å². The van der Waals surface area contributed by atoms with Gasteiger partial charge in [0.15, 0.2) is 0 Å². The van der Waals surface area contributed by atoms with Crippen LogP contribution in [0, 0.1) is 6.92 Å². The Bertz CT molecular complexity index is 933. The summed E-state index contributed by atoms with van der Waals surface area (Å²) in [7, 11) is 0. The zero-order chi connectivity index (χ0) is 18.6. The van der Waals surface area contributed by atoms with Gasteiger partial charge in [-0.05, 0) is 50.6 Å². The highest BCUT2D eigenvalue weighted by Gasteiger charge is 2.16. The molecule has 0 spiro atoms. The van der Waals surface area contributed by atoms with Crippen molar-refractivity contribution >= 4 is 16.7 Å². The van der Waals surface area contributed by atoms with Crippen molar-refractivity contribution in [2.75, 3.05) is 37.6 Å². The summed E-state index contributed by atoms with van der Waals surface area (Å²) in [5, 5.41) is 0. The van der Waals surface area contributed by atoms with Crippen LogP contribution in [0.3, 0.4) is 0 Å². The first-order valence-corrected chi connectivity index (χ1v) is 9.92. The van der Waals surface area contributed by atoms with Gasteiger partial charge in [0.1, 0.15) is 0 Å². The molecule has 5 nitrogen and oxygen atoms in total. The van der Waals surface area contributed by atoms with Crippen molar-refractivity contribution in [3.05, 3.63) is 64.6 Å². The van der Waals surface area contributed by atoms with Crippen LogP contribution in [-0.2, 0) is 6.54 Å². The first-order valence-electron chi connectivity index (χ1n) is 9.92. The fraction of sp³-hybridized carbons (Fsp3) is 0.409. The van der Waals surface area contributed by atoms with Crippen LogP contribution in [0.2, 0.25) is 0 Å². The first kappa shape index (κ1) is 17.9. The Hall–Kier alpha value is -2.53. The largest absolute Gasteiger partial charge is 0.369 e. The number of hydrogen-bond donors (Lipinski definition) is 1. The van der Waals surface area contributed by atoms with Crippen LogP contribution in [0.25, 0.3) is 11.0 Å². The van der Waals surface area contributed by atoms with E-state index in [-0.39, 0.29) is 5.69 Å². The van der Waals surface area contributed by atoms with Gasteiger partial charge < -0.3 is 9.88 Å². The predicted octanol–water partition coefficient (Wildman–Crippen LogP) is 3.24. The maximum atomic E-state index is 12.1. The Morgan fingerprint density at radius 3 is 2.37 bits per heavy atom. The normalized spacial score (nSPS) is 15.5. The van der Waals surface area contributed by atoms with Crippen molar-refractivity contribution in [1.82, 2.24) is 14.5 Å². The molecule has 1 aromatic heterocycles. The van der Waals surface area contributed by atoms with Gasteiger partial charge in [-0.1, -0.05) is 29.8 Å². The number of unbranched alkanes of at least 4 members (excludes halogenated alkanes) is 1. The standard InChI is InChI=1S/C22H28N4O/c1-18-8-10-19(11-9-18)25-16-14-24(15-17-25)12-4-5-13-26-21-7-3-2-6-20(21)23-22(26)27/h2-3,6-11H,4-5,12-17H2,1H3,(H,23,27). The van der Waals surface area contributed by atoms with Crippen LogP contribution in [0.5, 0.6) is 0 Å². The Kier molecular flexibility index (Phi) is 5.30. The quantitative estimate of drug-likeness (QED) is 0.683. The summed E-state index contributed by atoms with van der Waals surface area (Å²) < 4.78 is 1.87. The molecule has 1 aliphatic heterocycles. The minimum atomic E-state index is 0.00270. The Morgan fingerprint density at radius 1 is 0.889 bits per heavy atom. The average Bonchev–Trinajstić information content (AvgIpc) is 3.02. The van der Waals surface area contributed by atoms with Gasteiger partial charge in [-0.25, -0.2) is 4.79 Å². The molecule has 1 saturated heterocycles. The molecular weight excluding hydrogens is 336 g/mol. The highest BCUT2D eigenvalue weighted by Crippen LogP contribution is 2.17. The van der Waals surface area contributed by atoms with Gasteiger partial charge in [0.25, 0.3) is 0 Å². The molecule has 27 heavy (non-hydrogen) atoms. The van der Waals surface area contributed by atoms with Crippen LogP contribution in [0.15, 0.2) is 53.3 Å². The highest BCUT2D eigenvalue weighted by molar-refractivity contribution is 5.74. The van der Waals surface area contributed by atoms with Crippen molar-refractivity contribution in [3.8, 4) is 0 Å². The molecule has 0 aliphatic carbocycles. The number of aromatic nitrogens is 2. The maximum Gasteiger partial charge on any atom is 0.326 e. The van der Waals surface area contributed by atoms with Gasteiger partial charge >= 0.3 is 5.69 Å². The summed E-state index contributed by atoms with van der Waals surface area (Å²) in [5.74, 6) is 0. The van der Waals surface area contributed by atoms with Crippen molar-refractivity contribution in [2.45, 2.75) is 26.3 Å². The van der Waals surface area contributed by atoms with Crippen LogP contribution >= 0.6 is 0 Å². The number of rotatable bonds is 6. The first-order chi connectivity index (χ1) is 13.2. The zero-order valence-electron chi connectivity index (χ0n) is 16.0. The number of nitrogens with one attached hydrogen (secondary N) is 1. The number of nitrogens with zero attached hydrogens (tertiary/aromatic N) is 3. The van der Waals surface area contributed by atoms with E-state index >= 15 is 0 Å². The molecule has 1 aliphatic rings. The second-order valence-corrected chi connectivity index (χ2v) is 7.47. The molecule has 0 bridgehead atoms. The summed E-state index contributed by atoms with van der Waals surface area (Å²) in [6, 6.07) is 16.7. The molecule has 0 unspecified atom stereocenters. The molecule has 4 rings (SSSR count). The summed E-state index contributed by atoms with van der Waals surface area (Å²) >= 11 is 0. The molecule has 0 amide bonds. The van der Waals surface area contributed by atoms with E-state index in [0.29, 0.717) is 0 Å². The minimum Gasteiger partial charge on any atom is -0.369 e. The van der Waals surface area contributed by atoms with Crippen molar-refractivity contribution in [3.63, 3.8) is 0 Å². The number of aryl methyl sites for hydroxylation is 2. The number of para-hydroxylation sites is 2. The van der Waals surface area contributed by atoms with E-state index in [1.165, 1.54) is 11.3 Å². The average molecular weight is 364 g/mol. The molecule has 0 saturated carbocycles. The lowest BCUT2D eigenvalue weighted by Crippen LogP contribution is -2.46. The molecule has 5 heteroatoms. The molecule has 142 valence electrons. The topological polar surface area (TPSA) is 44.3 Å². The van der Waals surface area contributed by atoms with Crippen molar-refractivity contribution in [1.29, 1.82) is 0 Å². The van der Waals surface area contributed by atoms with E-state index in [1.807, 2.05) is 28.8 Å². The summed E-state index contributed by atoms with van der Waals surface area (Å²) in [4.78, 5) is 20.1. The molecular formula is C22H28N4O. The number of piperazine rings is 1. The van der Waals surface area contributed by atoms with E-state index in [0.717, 1.165) is 63.1 Å². The third-order valence-corrected chi connectivity index (χ3v) is 5.56. The molecule has 0 atom stereocenters. The highest BCUT2D eigenvalue weighted by atomic mass is 16.1. The number of anilines is 1. The van der Waals surface area contributed by atoms with Crippen LogP contribution < -0.4 is 10.6 Å². The van der Waals surface area contributed by atoms with E-state index in [2.05, 4.69) is 46.0 Å². The number of imidazole rings is 1. The smallest absolute Gasteiger partial charge is 0.326 e. The Balaban J connectivity index is 1.23. The van der Waals surface area contributed by atoms with Crippen molar-refractivity contribution in [2.24, 2.45) is 0 Å². The number of fused-ring (bicyclic) bond motifs is 1. The second kappa shape index (κ2) is 8.01. The number of hydrogen-bond acceptors (Lipinski definition) is 3. The maximum absolute atomic E-state index is 12.1. The molecule has 0 radical (unpaired) electrons. The predicted molar refractivity (Wildman–Crippen MR) is 112 cm³/mol. The minimum absolute atomic E-state index is 0.00270. The molecule has 2 heterocycles. The Morgan fingerprint density at radius 2 is 1.59 bits per heavy atom. The van der Waals surface area contributed by atoms with Gasteiger partial charge in [0, 0.05) is 38.4 Å². The second-order valence-electron chi connectivity index (χ2n) is 7.47. The van der Waals surface area contributed by atoms with Crippen LogP contribution in [-0.4, -0.2) is 47.2 Å². The van der Waals surface area contributed by atoms with E-state index < -0.39 is 0 Å². The zero-order valence-corrected chi connectivity index (χ0v) is 16.0. The SMILES string of the molecule is Cc1ccc(N2CCN(CCCCn3c(=O)[nH]c4ccccc43)CC2)cc1. The fourth-order valence-corrected chi connectivity index (χ4v) is 3.92. The molecule has 2 aromatic carbocycles. The fourth-order valence-electron chi connectivity index (χ4n) is 3.92. The number of benzene rings is 2. The van der Waals surface area contributed by atoms with E-state index in [4.69, 9.17) is 0 Å². The molecule has 1 N–H and O–H groups in total. The van der Waals surface area contributed by atoms with Gasteiger partial charge in [-0.2, -0.15) is 0 Å². The van der Waals surface area contributed by atoms with E-state index in [1.54, 1.807) is 0 Å². The number of aromatic amines is 1. The van der Waals surface area contributed by atoms with E-state index in [9.17, 15) is 4.79 Å². The van der Waals surface area contributed by atoms with Gasteiger partial charge in [-0.15, -0.1) is 0 Å². The molecule has 3 aromatic rings. The number of H-pyrrole nitrogens is 1. The van der Waals surface area contributed by atoms with Gasteiger partial charge in [0.2, 0.25) is 0 Å². The third-order valence-electron chi connectivity index (χ3n) is 5.56. The summed E-state index contributed by atoms with van der Waals surface area (Å²) in [5.41, 5.74) is 4.58. The third kappa shape index (κ3) is 4.08. The Labute approximate surface area is 160 Å². The monoisotopic (exact) mass is 364 g/mol. The summed E-state index contributed by atoms with van der Waals surface area (Å²) in [6.07, 6.45) is 2.15. The van der Waals surface area contributed by atoms with Gasteiger partial charge in [-0.3, -0.25) is 9.47 Å². The van der Waals surface area contributed by atoms with Crippen molar-refractivity contribution < 1.29 is 0 Å². The van der Waals surface area contributed by atoms with Gasteiger partial charge in [0.05, 0.1) is 11.0 Å². The lowest BCUT2D eigenvalue weighted by Gasteiger charge is -2.36. The van der Waals surface area contributed by atoms with Crippen LogP contribution in [0.1, 0.15) is 18.4 Å². The lowest BCUT2D eigenvalue weighted by atomic mass is 10.2. The summed E-state index contributed by atoms with van der Waals surface area (Å²) in [6.45, 7) is 8.43. The lowest BCUT2D eigenvalue weighted by molar-refractivity contribution is 0.251. The molecule has 1 fully saturated rings.